The molecule has 0 aliphatic heterocycles. The summed E-state index contributed by atoms with van der Waals surface area (Å²) < 4.78 is 5.95. The number of halogens is 1. The van der Waals surface area contributed by atoms with Crippen LogP contribution < -0.4 is 5.32 Å². The Labute approximate surface area is 137 Å². The van der Waals surface area contributed by atoms with E-state index >= 15 is 0 Å². The molecule has 0 spiro atoms. The fourth-order valence-electron chi connectivity index (χ4n) is 1.96. The Morgan fingerprint density at radius 3 is 2.45 bits per heavy atom. The molecule has 0 unspecified atom stereocenters. The molecule has 2 rings (SSSR count). The molecular formula is C17H16BrNO3. The number of carbonyl (C=O) groups is 2. The smallest absolute Gasteiger partial charge is 0.340 e. The molecule has 0 saturated heterocycles. The summed E-state index contributed by atoms with van der Waals surface area (Å²) in [6.07, 6.45) is 0.241. The van der Waals surface area contributed by atoms with Crippen molar-refractivity contribution in [2.45, 2.75) is 13.3 Å². The molecule has 0 atom stereocenters. The van der Waals surface area contributed by atoms with Gasteiger partial charge in [0.05, 0.1) is 24.3 Å². The maximum atomic E-state index is 12.1. The second kappa shape index (κ2) is 7.75. The van der Waals surface area contributed by atoms with Gasteiger partial charge >= 0.3 is 5.97 Å². The molecule has 1 N–H and O–H groups in total. The van der Waals surface area contributed by atoms with Gasteiger partial charge in [0.25, 0.3) is 0 Å². The minimum absolute atomic E-state index is 0.181. The first-order valence-corrected chi connectivity index (χ1v) is 7.70. The lowest BCUT2D eigenvalue weighted by Gasteiger charge is -2.10. The Morgan fingerprint density at radius 1 is 1.09 bits per heavy atom. The Kier molecular flexibility index (Phi) is 5.72. The van der Waals surface area contributed by atoms with Gasteiger partial charge < -0.3 is 10.1 Å². The molecule has 2 aromatic rings. The zero-order valence-corrected chi connectivity index (χ0v) is 13.7. The number of ether oxygens (including phenoxy) is 1. The van der Waals surface area contributed by atoms with Crippen LogP contribution in [0.1, 0.15) is 22.8 Å². The summed E-state index contributed by atoms with van der Waals surface area (Å²) in [5, 5.41) is 2.76. The van der Waals surface area contributed by atoms with Crippen LogP contribution in [0.4, 0.5) is 5.69 Å². The summed E-state index contributed by atoms with van der Waals surface area (Å²) in [6.45, 7) is 2.03. The van der Waals surface area contributed by atoms with Crippen molar-refractivity contribution in [3.05, 3.63) is 64.1 Å². The predicted molar refractivity (Wildman–Crippen MR) is 88.9 cm³/mol. The van der Waals surface area contributed by atoms with Crippen LogP contribution in [0.15, 0.2) is 53.0 Å². The van der Waals surface area contributed by atoms with Crippen molar-refractivity contribution in [1.29, 1.82) is 0 Å². The molecular weight excluding hydrogens is 346 g/mol. The van der Waals surface area contributed by atoms with E-state index in [-0.39, 0.29) is 12.3 Å². The van der Waals surface area contributed by atoms with Crippen LogP contribution >= 0.6 is 15.9 Å². The van der Waals surface area contributed by atoms with E-state index in [1.54, 1.807) is 31.2 Å². The van der Waals surface area contributed by atoms with E-state index in [1.807, 2.05) is 24.3 Å². The third-order valence-electron chi connectivity index (χ3n) is 2.97. The Morgan fingerprint density at radius 2 is 1.77 bits per heavy atom. The van der Waals surface area contributed by atoms with E-state index < -0.39 is 5.97 Å². The van der Waals surface area contributed by atoms with Crippen molar-refractivity contribution in [2.75, 3.05) is 11.9 Å². The van der Waals surface area contributed by atoms with Crippen molar-refractivity contribution in [3.63, 3.8) is 0 Å². The first kappa shape index (κ1) is 16.2. The second-order valence-electron chi connectivity index (χ2n) is 4.62. The molecule has 22 heavy (non-hydrogen) atoms. The van der Waals surface area contributed by atoms with E-state index in [0.717, 1.165) is 10.0 Å². The van der Waals surface area contributed by atoms with Gasteiger partial charge in [0, 0.05) is 4.47 Å². The van der Waals surface area contributed by atoms with Crippen LogP contribution in [0.3, 0.4) is 0 Å². The monoisotopic (exact) mass is 361 g/mol. The Balaban J connectivity index is 2.08. The summed E-state index contributed by atoms with van der Waals surface area (Å²) in [7, 11) is 0. The highest BCUT2D eigenvalue weighted by Crippen LogP contribution is 2.17. The van der Waals surface area contributed by atoms with Crippen LogP contribution in [0.25, 0.3) is 0 Å². The molecule has 0 fully saturated rings. The fourth-order valence-corrected chi connectivity index (χ4v) is 2.23. The number of hydrogen-bond acceptors (Lipinski definition) is 3. The number of benzene rings is 2. The second-order valence-corrected chi connectivity index (χ2v) is 5.53. The van der Waals surface area contributed by atoms with Gasteiger partial charge in [-0.15, -0.1) is 0 Å². The molecule has 0 aliphatic rings. The average Bonchev–Trinajstić information content (AvgIpc) is 2.50. The van der Waals surface area contributed by atoms with Gasteiger partial charge in [0.1, 0.15) is 0 Å². The lowest BCUT2D eigenvalue weighted by Crippen LogP contribution is -2.17. The highest BCUT2D eigenvalue weighted by molar-refractivity contribution is 9.10. The lowest BCUT2D eigenvalue weighted by molar-refractivity contribution is -0.115. The van der Waals surface area contributed by atoms with Gasteiger partial charge in [-0.2, -0.15) is 0 Å². The van der Waals surface area contributed by atoms with Crippen LogP contribution in [0, 0.1) is 0 Å². The molecule has 0 radical (unpaired) electrons. The summed E-state index contributed by atoms with van der Waals surface area (Å²) in [4.78, 5) is 24.0. The molecule has 2 aromatic carbocycles. The third kappa shape index (κ3) is 4.43. The van der Waals surface area contributed by atoms with Crippen molar-refractivity contribution in [2.24, 2.45) is 0 Å². The minimum atomic E-state index is -0.443. The first-order valence-electron chi connectivity index (χ1n) is 6.90. The molecule has 0 bridgehead atoms. The van der Waals surface area contributed by atoms with Gasteiger partial charge in [-0.3, -0.25) is 4.79 Å². The molecule has 5 heteroatoms. The van der Waals surface area contributed by atoms with Gasteiger partial charge in [0.2, 0.25) is 5.91 Å². The summed E-state index contributed by atoms with van der Waals surface area (Å²) >= 11 is 3.35. The topological polar surface area (TPSA) is 55.4 Å². The molecule has 4 nitrogen and oxygen atoms in total. The summed E-state index contributed by atoms with van der Waals surface area (Å²) in [5.74, 6) is -0.624. The maximum absolute atomic E-state index is 12.1. The maximum Gasteiger partial charge on any atom is 0.340 e. The van der Waals surface area contributed by atoms with E-state index in [0.29, 0.717) is 17.9 Å². The van der Waals surface area contributed by atoms with Crippen LogP contribution in [-0.2, 0) is 16.0 Å². The molecule has 0 aromatic heterocycles. The predicted octanol–water partition coefficient (Wildman–Crippen LogP) is 3.81. The van der Waals surface area contributed by atoms with Gasteiger partial charge in [-0.05, 0) is 36.8 Å². The highest BCUT2D eigenvalue weighted by Gasteiger charge is 2.14. The SMILES string of the molecule is CCOC(=O)c1ccccc1NC(=O)Cc1ccc(Br)cc1. The van der Waals surface area contributed by atoms with Gasteiger partial charge in [-0.25, -0.2) is 4.79 Å². The number of hydrogen-bond donors (Lipinski definition) is 1. The Bertz CT molecular complexity index is 668. The van der Waals surface area contributed by atoms with Crippen molar-refractivity contribution < 1.29 is 14.3 Å². The highest BCUT2D eigenvalue weighted by atomic mass is 79.9. The fraction of sp³-hybridized carbons (Fsp3) is 0.176. The first-order chi connectivity index (χ1) is 10.6. The zero-order chi connectivity index (χ0) is 15.9. The van der Waals surface area contributed by atoms with E-state index in [9.17, 15) is 9.59 Å². The van der Waals surface area contributed by atoms with Crippen molar-refractivity contribution in [3.8, 4) is 0 Å². The van der Waals surface area contributed by atoms with E-state index in [1.165, 1.54) is 0 Å². The van der Waals surface area contributed by atoms with Crippen LogP contribution in [-0.4, -0.2) is 18.5 Å². The number of esters is 1. The van der Waals surface area contributed by atoms with Gasteiger partial charge in [-0.1, -0.05) is 40.2 Å². The van der Waals surface area contributed by atoms with E-state index in [4.69, 9.17) is 4.74 Å². The summed E-state index contributed by atoms with van der Waals surface area (Å²) in [5.41, 5.74) is 1.71. The van der Waals surface area contributed by atoms with Crippen LogP contribution in [0.5, 0.6) is 0 Å². The number of rotatable bonds is 5. The summed E-state index contributed by atoms with van der Waals surface area (Å²) in [6, 6.07) is 14.3. The number of anilines is 1. The minimum Gasteiger partial charge on any atom is -0.462 e. The number of nitrogens with one attached hydrogen (secondary N) is 1. The zero-order valence-electron chi connectivity index (χ0n) is 12.1. The van der Waals surface area contributed by atoms with Crippen molar-refractivity contribution >= 4 is 33.5 Å². The number of para-hydroxylation sites is 1. The average molecular weight is 362 g/mol. The number of amides is 1. The number of carbonyl (C=O) groups excluding carboxylic acids is 2. The molecule has 0 saturated carbocycles. The van der Waals surface area contributed by atoms with E-state index in [2.05, 4.69) is 21.2 Å². The largest absolute Gasteiger partial charge is 0.462 e. The lowest BCUT2D eigenvalue weighted by atomic mass is 10.1. The van der Waals surface area contributed by atoms with Crippen molar-refractivity contribution in [1.82, 2.24) is 0 Å². The van der Waals surface area contributed by atoms with Gasteiger partial charge in [0.15, 0.2) is 0 Å². The Hall–Kier alpha value is -2.14. The standard InChI is InChI=1S/C17H16BrNO3/c1-2-22-17(21)14-5-3-4-6-15(14)19-16(20)11-12-7-9-13(18)10-8-12/h3-10H,2,11H2,1H3,(H,19,20). The molecule has 0 aliphatic carbocycles. The molecule has 0 heterocycles. The quantitative estimate of drug-likeness (QED) is 0.823. The third-order valence-corrected chi connectivity index (χ3v) is 3.50. The van der Waals surface area contributed by atoms with Crippen LogP contribution in [0.2, 0.25) is 0 Å². The molecule has 1 amide bonds. The molecule has 114 valence electrons. The normalized spacial score (nSPS) is 10.1.